The Balaban J connectivity index is 2.81. The average Bonchev–Trinajstić information content (AvgIpc) is 2.53. The molecule has 0 heterocycles. The van der Waals surface area contributed by atoms with E-state index in [4.69, 9.17) is 0 Å². The van der Waals surface area contributed by atoms with E-state index in [0.717, 1.165) is 0 Å². The van der Waals surface area contributed by atoms with Crippen molar-refractivity contribution in [2.45, 2.75) is 46.1 Å². The molecule has 5 nitrogen and oxygen atoms in total. The maximum Gasteiger partial charge on any atom is 0.226 e. The third kappa shape index (κ3) is 4.04. The van der Waals surface area contributed by atoms with E-state index < -0.39 is 5.41 Å². The molecule has 0 aromatic rings. The summed E-state index contributed by atoms with van der Waals surface area (Å²) in [7, 11) is 0. The molecule has 1 fully saturated rings. The van der Waals surface area contributed by atoms with E-state index in [-0.39, 0.29) is 34.7 Å². The molecule has 0 spiro atoms. The van der Waals surface area contributed by atoms with Crippen LogP contribution in [0.15, 0.2) is 12.7 Å². The van der Waals surface area contributed by atoms with Gasteiger partial charge in [-0.3, -0.25) is 14.9 Å². The van der Waals surface area contributed by atoms with E-state index in [0.29, 0.717) is 12.8 Å². The van der Waals surface area contributed by atoms with Crippen LogP contribution in [0, 0.1) is 27.4 Å². The fraction of sp³-hybridized carbons (Fsp3) is 0.786. The van der Waals surface area contributed by atoms with Crippen molar-refractivity contribution in [3.63, 3.8) is 0 Å². The SMILES string of the molecule is C=C[C@H]1C[C@@](C)(C(=O)NC(C)(C)C)C[C@@H]1C[N+](=O)[O-]. The number of hydrogen-bond acceptors (Lipinski definition) is 3. The second-order valence-electron chi connectivity index (χ2n) is 6.85. The van der Waals surface area contributed by atoms with Crippen LogP contribution in [0.5, 0.6) is 0 Å². The molecule has 0 aliphatic heterocycles. The summed E-state index contributed by atoms with van der Waals surface area (Å²) in [5.41, 5.74) is -0.822. The maximum atomic E-state index is 12.4. The minimum atomic E-state index is -0.535. The van der Waals surface area contributed by atoms with Gasteiger partial charge in [0.1, 0.15) is 0 Å². The second kappa shape index (κ2) is 5.31. The lowest BCUT2D eigenvalue weighted by Gasteiger charge is -2.29. The Labute approximate surface area is 114 Å². The predicted octanol–water partition coefficient (Wildman–Crippen LogP) is 2.40. The Morgan fingerprint density at radius 1 is 1.53 bits per heavy atom. The molecule has 0 unspecified atom stereocenters. The van der Waals surface area contributed by atoms with Gasteiger partial charge in [0.25, 0.3) is 0 Å². The van der Waals surface area contributed by atoms with Gasteiger partial charge in [0, 0.05) is 21.8 Å². The van der Waals surface area contributed by atoms with E-state index >= 15 is 0 Å². The number of amides is 1. The minimum absolute atomic E-state index is 0.0160. The van der Waals surface area contributed by atoms with Gasteiger partial charge in [-0.1, -0.05) is 13.0 Å². The quantitative estimate of drug-likeness (QED) is 0.483. The molecule has 0 aromatic heterocycles. The first-order chi connectivity index (χ1) is 8.57. The molecule has 0 radical (unpaired) electrons. The van der Waals surface area contributed by atoms with Crippen molar-refractivity contribution < 1.29 is 9.72 Å². The van der Waals surface area contributed by atoms with E-state index in [9.17, 15) is 14.9 Å². The van der Waals surface area contributed by atoms with Crippen LogP contribution in [-0.4, -0.2) is 22.9 Å². The molecule has 1 amide bonds. The monoisotopic (exact) mass is 268 g/mol. The van der Waals surface area contributed by atoms with E-state index in [1.807, 2.05) is 27.7 Å². The van der Waals surface area contributed by atoms with E-state index in [1.54, 1.807) is 6.08 Å². The first-order valence-electron chi connectivity index (χ1n) is 6.64. The van der Waals surface area contributed by atoms with Crippen LogP contribution in [0.25, 0.3) is 0 Å². The third-order valence-electron chi connectivity index (χ3n) is 3.73. The van der Waals surface area contributed by atoms with Gasteiger partial charge in [0.2, 0.25) is 12.5 Å². The number of nitrogens with zero attached hydrogens (tertiary/aromatic N) is 1. The Kier molecular flexibility index (Phi) is 4.38. The zero-order chi connectivity index (χ0) is 14.8. The van der Waals surface area contributed by atoms with Crippen molar-refractivity contribution in [3.8, 4) is 0 Å². The summed E-state index contributed by atoms with van der Waals surface area (Å²) in [6, 6.07) is 0. The lowest BCUT2D eigenvalue weighted by molar-refractivity contribution is -0.489. The summed E-state index contributed by atoms with van der Waals surface area (Å²) >= 11 is 0. The van der Waals surface area contributed by atoms with Crippen LogP contribution >= 0.6 is 0 Å². The van der Waals surface area contributed by atoms with Gasteiger partial charge >= 0.3 is 0 Å². The Bertz CT molecular complexity index is 387. The summed E-state index contributed by atoms with van der Waals surface area (Å²) in [5, 5.41) is 13.7. The molecule has 5 heteroatoms. The van der Waals surface area contributed by atoms with Crippen LogP contribution in [0.4, 0.5) is 0 Å². The summed E-state index contributed by atoms with van der Waals surface area (Å²) in [6.07, 6.45) is 2.94. The van der Waals surface area contributed by atoms with Crippen molar-refractivity contribution in [1.82, 2.24) is 5.32 Å². The molecule has 0 bridgehead atoms. The predicted molar refractivity (Wildman–Crippen MR) is 74.3 cm³/mol. The van der Waals surface area contributed by atoms with Crippen molar-refractivity contribution in [2.24, 2.45) is 17.3 Å². The Hall–Kier alpha value is -1.39. The highest BCUT2D eigenvalue weighted by atomic mass is 16.6. The summed E-state index contributed by atoms with van der Waals surface area (Å²) in [6.45, 7) is 11.4. The molecule has 1 saturated carbocycles. The Morgan fingerprint density at radius 3 is 2.53 bits per heavy atom. The van der Waals surface area contributed by atoms with Gasteiger partial charge in [0.05, 0.1) is 0 Å². The molecule has 0 aromatic carbocycles. The highest BCUT2D eigenvalue weighted by Gasteiger charge is 2.48. The van der Waals surface area contributed by atoms with Gasteiger partial charge in [-0.25, -0.2) is 0 Å². The van der Waals surface area contributed by atoms with Gasteiger partial charge in [-0.05, 0) is 39.5 Å². The second-order valence-corrected chi connectivity index (χ2v) is 6.85. The van der Waals surface area contributed by atoms with Crippen LogP contribution in [0.2, 0.25) is 0 Å². The lowest BCUT2D eigenvalue weighted by Crippen LogP contribution is -2.47. The smallest absolute Gasteiger partial charge is 0.226 e. The maximum absolute atomic E-state index is 12.4. The Morgan fingerprint density at radius 2 is 2.11 bits per heavy atom. The van der Waals surface area contributed by atoms with Crippen molar-refractivity contribution in [1.29, 1.82) is 0 Å². The fourth-order valence-electron chi connectivity index (χ4n) is 2.84. The molecule has 1 rings (SSSR count). The third-order valence-corrected chi connectivity index (χ3v) is 3.73. The molecule has 19 heavy (non-hydrogen) atoms. The number of nitro groups is 1. The van der Waals surface area contributed by atoms with Crippen LogP contribution in [0.3, 0.4) is 0 Å². The molecule has 1 aliphatic carbocycles. The average molecular weight is 268 g/mol. The summed E-state index contributed by atoms with van der Waals surface area (Å²) in [5.74, 6) is -0.0676. The number of hydrogen-bond donors (Lipinski definition) is 1. The molecule has 108 valence electrons. The first-order valence-corrected chi connectivity index (χ1v) is 6.64. The highest BCUT2D eigenvalue weighted by molar-refractivity contribution is 5.83. The summed E-state index contributed by atoms with van der Waals surface area (Å²) < 4.78 is 0. The topological polar surface area (TPSA) is 72.2 Å². The lowest BCUT2D eigenvalue weighted by atomic mass is 9.85. The van der Waals surface area contributed by atoms with E-state index in [2.05, 4.69) is 11.9 Å². The first kappa shape index (κ1) is 15.7. The van der Waals surface area contributed by atoms with Crippen LogP contribution < -0.4 is 5.32 Å². The standard InChI is InChI=1S/C14H24N2O3/c1-6-10-7-14(5,8-11(10)9-16(18)19)12(17)15-13(2,3)4/h6,10-11H,1,7-9H2,2-5H3,(H,15,17)/t10-,11+,14+/m0/s1. The zero-order valence-electron chi connectivity index (χ0n) is 12.2. The zero-order valence-corrected chi connectivity index (χ0v) is 12.2. The van der Waals surface area contributed by atoms with Crippen LogP contribution in [-0.2, 0) is 4.79 Å². The number of carbonyl (C=O) groups excluding carboxylic acids is 1. The van der Waals surface area contributed by atoms with Gasteiger partial charge in [-0.2, -0.15) is 0 Å². The molecule has 3 atom stereocenters. The molecule has 1 N–H and O–H groups in total. The van der Waals surface area contributed by atoms with Crippen molar-refractivity contribution in [2.75, 3.05) is 6.54 Å². The van der Waals surface area contributed by atoms with Gasteiger partial charge in [-0.15, -0.1) is 6.58 Å². The largest absolute Gasteiger partial charge is 0.351 e. The van der Waals surface area contributed by atoms with Crippen molar-refractivity contribution in [3.05, 3.63) is 22.8 Å². The van der Waals surface area contributed by atoms with Gasteiger partial charge in [0.15, 0.2) is 0 Å². The van der Waals surface area contributed by atoms with Crippen LogP contribution in [0.1, 0.15) is 40.5 Å². The number of nitrogens with one attached hydrogen (secondary N) is 1. The van der Waals surface area contributed by atoms with E-state index in [1.165, 1.54) is 0 Å². The molecule has 1 aliphatic rings. The molecule has 0 saturated heterocycles. The number of carbonyl (C=O) groups is 1. The number of allylic oxidation sites excluding steroid dienone is 1. The normalized spacial score (nSPS) is 30.9. The number of rotatable bonds is 4. The minimum Gasteiger partial charge on any atom is -0.351 e. The molecular weight excluding hydrogens is 244 g/mol. The summed E-state index contributed by atoms with van der Waals surface area (Å²) in [4.78, 5) is 22.8. The molecular formula is C14H24N2O3. The fourth-order valence-corrected chi connectivity index (χ4v) is 2.84. The van der Waals surface area contributed by atoms with Crippen molar-refractivity contribution >= 4 is 5.91 Å². The van der Waals surface area contributed by atoms with Gasteiger partial charge < -0.3 is 5.32 Å². The highest BCUT2D eigenvalue weighted by Crippen LogP contribution is 2.46.